The van der Waals surface area contributed by atoms with Gasteiger partial charge in [-0.05, 0) is 54.8 Å². The van der Waals surface area contributed by atoms with Gasteiger partial charge in [0, 0.05) is 0 Å². The fraction of sp³-hybridized carbons (Fsp3) is 0.286. The van der Waals surface area contributed by atoms with E-state index in [1.54, 1.807) is 49.6 Å². The zero-order valence-electron chi connectivity index (χ0n) is 15.3. The summed E-state index contributed by atoms with van der Waals surface area (Å²) in [6.07, 6.45) is 2.52. The molecule has 0 fully saturated rings. The molecule has 0 aliphatic carbocycles. The fourth-order valence-electron chi connectivity index (χ4n) is 2.42. The summed E-state index contributed by atoms with van der Waals surface area (Å²) in [6.45, 7) is 5.03. The van der Waals surface area contributed by atoms with E-state index >= 15 is 0 Å². The molecule has 0 aromatic heterocycles. The van der Waals surface area contributed by atoms with Crippen molar-refractivity contribution < 1.29 is 24.1 Å². The number of hydrogen-bond acceptors (Lipinski definition) is 4. The predicted molar refractivity (Wildman–Crippen MR) is 102 cm³/mol. The van der Waals surface area contributed by atoms with Crippen LogP contribution in [-0.4, -0.2) is 31.4 Å². The molecule has 138 valence electrons. The Morgan fingerprint density at radius 3 is 2.35 bits per heavy atom. The second-order valence-corrected chi connectivity index (χ2v) is 5.58. The van der Waals surface area contributed by atoms with E-state index in [-0.39, 0.29) is 5.57 Å². The number of ether oxygens (including phenoxy) is 3. The number of carboxylic acid groups (broad SMARTS) is 1. The predicted octanol–water partition coefficient (Wildman–Crippen LogP) is 4.51. The van der Waals surface area contributed by atoms with Crippen LogP contribution in [0.4, 0.5) is 0 Å². The molecule has 0 saturated carbocycles. The van der Waals surface area contributed by atoms with E-state index in [1.807, 2.05) is 19.9 Å². The summed E-state index contributed by atoms with van der Waals surface area (Å²) in [5.74, 6) is 0.940. The molecule has 2 aromatic carbocycles. The largest absolute Gasteiger partial charge is 0.497 e. The monoisotopic (exact) mass is 356 g/mol. The van der Waals surface area contributed by atoms with Crippen molar-refractivity contribution in [3.63, 3.8) is 0 Å². The molecule has 0 saturated heterocycles. The first-order chi connectivity index (χ1) is 12.6. The number of rotatable bonds is 9. The summed E-state index contributed by atoms with van der Waals surface area (Å²) >= 11 is 0. The van der Waals surface area contributed by atoms with Gasteiger partial charge >= 0.3 is 5.97 Å². The van der Waals surface area contributed by atoms with Crippen LogP contribution in [0.2, 0.25) is 0 Å². The summed E-state index contributed by atoms with van der Waals surface area (Å²) < 4.78 is 16.4. The maximum Gasteiger partial charge on any atom is 0.336 e. The first-order valence-corrected chi connectivity index (χ1v) is 8.58. The van der Waals surface area contributed by atoms with Gasteiger partial charge in [-0.15, -0.1) is 0 Å². The lowest BCUT2D eigenvalue weighted by Gasteiger charge is -2.12. The SMILES string of the molecule is CCCOc1ccc(/C=C(/C(=O)O)c2ccc(OC)cc2)cc1OCC. The summed E-state index contributed by atoms with van der Waals surface area (Å²) in [6, 6.07) is 12.3. The van der Waals surface area contributed by atoms with Crippen LogP contribution in [-0.2, 0) is 4.79 Å². The second-order valence-electron chi connectivity index (χ2n) is 5.58. The molecule has 0 heterocycles. The lowest BCUT2D eigenvalue weighted by molar-refractivity contribution is -0.130. The van der Waals surface area contributed by atoms with Gasteiger partial charge in [-0.25, -0.2) is 4.79 Å². The third-order valence-electron chi connectivity index (χ3n) is 3.67. The number of benzene rings is 2. The Morgan fingerprint density at radius 1 is 1.04 bits per heavy atom. The molecule has 26 heavy (non-hydrogen) atoms. The first kappa shape index (κ1) is 19.4. The Hall–Kier alpha value is -2.95. The van der Waals surface area contributed by atoms with Crippen LogP contribution < -0.4 is 14.2 Å². The van der Waals surface area contributed by atoms with Crippen LogP contribution in [0.25, 0.3) is 11.6 Å². The molecule has 0 spiro atoms. The van der Waals surface area contributed by atoms with Crippen LogP contribution in [0.3, 0.4) is 0 Å². The van der Waals surface area contributed by atoms with Crippen LogP contribution in [0.1, 0.15) is 31.4 Å². The van der Waals surface area contributed by atoms with E-state index in [9.17, 15) is 9.90 Å². The summed E-state index contributed by atoms with van der Waals surface area (Å²) in [4.78, 5) is 11.7. The van der Waals surface area contributed by atoms with Gasteiger partial charge in [0.05, 0.1) is 25.9 Å². The van der Waals surface area contributed by atoms with Crippen LogP contribution in [0.15, 0.2) is 42.5 Å². The van der Waals surface area contributed by atoms with E-state index in [0.717, 1.165) is 12.0 Å². The Kier molecular flexibility index (Phi) is 7.09. The standard InChI is InChI=1S/C21H24O5/c1-4-12-26-19-11-6-15(14-20(19)25-5-2)13-18(21(22)23)16-7-9-17(24-3)10-8-16/h6-11,13-14H,4-5,12H2,1-3H3,(H,22,23)/b18-13+. The average molecular weight is 356 g/mol. The number of carbonyl (C=O) groups is 1. The quantitative estimate of drug-likeness (QED) is 0.529. The zero-order valence-corrected chi connectivity index (χ0v) is 15.3. The maximum absolute atomic E-state index is 11.7. The third kappa shape index (κ3) is 5.02. The van der Waals surface area contributed by atoms with Crippen LogP contribution in [0.5, 0.6) is 17.2 Å². The van der Waals surface area contributed by atoms with E-state index in [2.05, 4.69) is 0 Å². The molecule has 0 radical (unpaired) electrons. The molecule has 0 unspecified atom stereocenters. The van der Waals surface area contributed by atoms with Gasteiger partial charge in [-0.3, -0.25) is 0 Å². The van der Waals surface area contributed by atoms with Crippen molar-refractivity contribution in [3.05, 3.63) is 53.6 Å². The molecule has 2 aromatic rings. The minimum absolute atomic E-state index is 0.192. The number of methoxy groups -OCH3 is 1. The summed E-state index contributed by atoms with van der Waals surface area (Å²) in [5.41, 5.74) is 1.52. The Balaban J connectivity index is 2.38. The van der Waals surface area contributed by atoms with Gasteiger partial charge in [-0.1, -0.05) is 25.1 Å². The molecule has 5 nitrogen and oxygen atoms in total. The molecule has 0 bridgehead atoms. The van der Waals surface area contributed by atoms with Crippen molar-refractivity contribution in [2.24, 2.45) is 0 Å². The van der Waals surface area contributed by atoms with E-state index < -0.39 is 5.97 Å². The average Bonchev–Trinajstić information content (AvgIpc) is 2.65. The van der Waals surface area contributed by atoms with Gasteiger partial charge in [-0.2, -0.15) is 0 Å². The Labute approximate surface area is 153 Å². The Bertz CT molecular complexity index is 762. The molecule has 2 rings (SSSR count). The molecular formula is C21H24O5. The molecule has 0 amide bonds. The summed E-state index contributed by atoms with van der Waals surface area (Å²) in [7, 11) is 1.57. The highest BCUT2D eigenvalue weighted by molar-refractivity contribution is 6.20. The lowest BCUT2D eigenvalue weighted by atomic mass is 10.0. The molecule has 0 atom stereocenters. The van der Waals surface area contributed by atoms with Crippen molar-refractivity contribution in [1.82, 2.24) is 0 Å². The zero-order chi connectivity index (χ0) is 18.9. The molecule has 5 heteroatoms. The minimum atomic E-state index is -1.00. The van der Waals surface area contributed by atoms with E-state index in [4.69, 9.17) is 14.2 Å². The normalized spacial score (nSPS) is 11.1. The van der Waals surface area contributed by atoms with Crippen molar-refractivity contribution in [2.75, 3.05) is 20.3 Å². The van der Waals surface area contributed by atoms with Gasteiger partial charge < -0.3 is 19.3 Å². The van der Waals surface area contributed by atoms with Crippen molar-refractivity contribution >= 4 is 17.6 Å². The number of carboxylic acids is 1. The number of aliphatic carboxylic acids is 1. The van der Waals surface area contributed by atoms with E-state index in [1.165, 1.54) is 0 Å². The van der Waals surface area contributed by atoms with E-state index in [0.29, 0.717) is 36.0 Å². The van der Waals surface area contributed by atoms with Gasteiger partial charge in [0.25, 0.3) is 0 Å². The molecule has 0 aliphatic rings. The van der Waals surface area contributed by atoms with Gasteiger partial charge in [0.15, 0.2) is 11.5 Å². The second kappa shape index (κ2) is 9.51. The highest BCUT2D eigenvalue weighted by Gasteiger charge is 2.12. The first-order valence-electron chi connectivity index (χ1n) is 8.58. The van der Waals surface area contributed by atoms with Gasteiger partial charge in [0.2, 0.25) is 0 Å². The van der Waals surface area contributed by atoms with Crippen LogP contribution >= 0.6 is 0 Å². The van der Waals surface area contributed by atoms with Crippen molar-refractivity contribution in [2.45, 2.75) is 20.3 Å². The fourth-order valence-corrected chi connectivity index (χ4v) is 2.42. The third-order valence-corrected chi connectivity index (χ3v) is 3.67. The molecular weight excluding hydrogens is 332 g/mol. The topological polar surface area (TPSA) is 65.0 Å². The van der Waals surface area contributed by atoms with Crippen LogP contribution in [0, 0.1) is 0 Å². The van der Waals surface area contributed by atoms with Gasteiger partial charge in [0.1, 0.15) is 5.75 Å². The number of hydrogen-bond donors (Lipinski definition) is 1. The summed E-state index contributed by atoms with van der Waals surface area (Å²) in [5, 5.41) is 9.60. The highest BCUT2D eigenvalue weighted by Crippen LogP contribution is 2.30. The Morgan fingerprint density at radius 2 is 1.77 bits per heavy atom. The maximum atomic E-state index is 11.7. The lowest BCUT2D eigenvalue weighted by Crippen LogP contribution is -2.01. The molecule has 0 aliphatic heterocycles. The minimum Gasteiger partial charge on any atom is -0.497 e. The van der Waals surface area contributed by atoms with Crippen molar-refractivity contribution in [1.29, 1.82) is 0 Å². The molecule has 1 N–H and O–H groups in total. The smallest absolute Gasteiger partial charge is 0.336 e. The highest BCUT2D eigenvalue weighted by atomic mass is 16.5. The van der Waals surface area contributed by atoms with Crippen molar-refractivity contribution in [3.8, 4) is 17.2 Å².